The number of nitrogens with two attached hydrogens (primary N) is 1. The van der Waals surface area contributed by atoms with Crippen LogP contribution in [0.4, 0.5) is 0 Å². The Balaban J connectivity index is 2.42. The molecule has 104 valence electrons. The molecule has 2 rings (SSSR count). The largest absolute Gasteiger partial charge is 0.366 e. The minimum absolute atomic E-state index is 0.189. The first kappa shape index (κ1) is 14.3. The van der Waals surface area contributed by atoms with E-state index in [9.17, 15) is 9.59 Å². The van der Waals surface area contributed by atoms with Crippen molar-refractivity contribution in [1.29, 1.82) is 0 Å². The summed E-state index contributed by atoms with van der Waals surface area (Å²) in [7, 11) is 0. The Hall–Kier alpha value is -2.14. The Labute approximate surface area is 121 Å². The number of halogens is 1. The van der Waals surface area contributed by atoms with Crippen LogP contribution in [0.15, 0.2) is 35.1 Å². The number of carbonyl (C=O) groups excluding carboxylic acids is 1. The molecule has 0 fully saturated rings. The van der Waals surface area contributed by atoms with Crippen LogP contribution in [-0.2, 0) is 13.0 Å². The highest BCUT2D eigenvalue weighted by Crippen LogP contribution is 2.09. The van der Waals surface area contributed by atoms with Crippen LogP contribution in [0.5, 0.6) is 0 Å². The van der Waals surface area contributed by atoms with E-state index in [4.69, 9.17) is 17.3 Å². The van der Waals surface area contributed by atoms with Gasteiger partial charge in [-0.25, -0.2) is 4.98 Å². The molecule has 2 N–H and O–H groups in total. The lowest BCUT2D eigenvalue weighted by Crippen LogP contribution is -2.25. The van der Waals surface area contributed by atoms with Crippen LogP contribution in [0.1, 0.15) is 28.7 Å². The first-order chi connectivity index (χ1) is 9.51. The van der Waals surface area contributed by atoms with E-state index in [1.807, 2.05) is 13.0 Å². The number of carbonyl (C=O) groups is 1. The Morgan fingerprint density at radius 1 is 1.40 bits per heavy atom. The summed E-state index contributed by atoms with van der Waals surface area (Å²) in [5.41, 5.74) is 6.25. The predicted octanol–water partition coefficient (Wildman–Crippen LogP) is 1.61. The van der Waals surface area contributed by atoms with Crippen LogP contribution in [0.2, 0.25) is 5.15 Å². The van der Waals surface area contributed by atoms with Gasteiger partial charge in [-0.15, -0.1) is 0 Å². The third-order valence-electron chi connectivity index (χ3n) is 2.92. The molecular formula is C14H14ClN3O2. The van der Waals surface area contributed by atoms with Gasteiger partial charge in [-0.1, -0.05) is 30.7 Å². The van der Waals surface area contributed by atoms with Crippen LogP contribution in [0.25, 0.3) is 0 Å². The maximum Gasteiger partial charge on any atom is 0.255 e. The van der Waals surface area contributed by atoms with E-state index in [1.165, 1.54) is 10.6 Å². The summed E-state index contributed by atoms with van der Waals surface area (Å²) in [5, 5.41) is 0.189. The predicted molar refractivity (Wildman–Crippen MR) is 76.9 cm³/mol. The molecule has 1 aromatic carbocycles. The van der Waals surface area contributed by atoms with Crippen LogP contribution in [0.3, 0.4) is 0 Å². The monoisotopic (exact) mass is 291 g/mol. The van der Waals surface area contributed by atoms with Gasteiger partial charge in [-0.3, -0.25) is 14.2 Å². The highest BCUT2D eigenvalue weighted by Gasteiger charge is 2.08. The maximum atomic E-state index is 12.0. The molecule has 0 radical (unpaired) electrons. The molecule has 1 aromatic heterocycles. The number of rotatable bonds is 4. The first-order valence-corrected chi connectivity index (χ1v) is 6.54. The van der Waals surface area contributed by atoms with Gasteiger partial charge in [0.2, 0.25) is 5.91 Å². The molecule has 0 saturated carbocycles. The van der Waals surface area contributed by atoms with Crippen LogP contribution < -0.4 is 11.3 Å². The van der Waals surface area contributed by atoms with E-state index in [1.54, 1.807) is 18.2 Å². The summed E-state index contributed by atoms with van der Waals surface area (Å²) in [4.78, 5) is 27.3. The topological polar surface area (TPSA) is 78.0 Å². The molecule has 0 spiro atoms. The average Bonchev–Trinajstić information content (AvgIpc) is 2.41. The van der Waals surface area contributed by atoms with Gasteiger partial charge in [0.05, 0.1) is 6.54 Å². The van der Waals surface area contributed by atoms with Gasteiger partial charge >= 0.3 is 0 Å². The van der Waals surface area contributed by atoms with E-state index in [-0.39, 0.29) is 10.7 Å². The zero-order valence-corrected chi connectivity index (χ0v) is 11.7. The van der Waals surface area contributed by atoms with Crippen molar-refractivity contribution in [3.63, 3.8) is 0 Å². The zero-order chi connectivity index (χ0) is 14.7. The fourth-order valence-corrected chi connectivity index (χ4v) is 2.16. The fraction of sp³-hybridized carbons (Fsp3) is 0.214. The molecule has 0 aliphatic rings. The normalized spacial score (nSPS) is 10.5. The lowest BCUT2D eigenvalue weighted by Gasteiger charge is -2.11. The third-order valence-corrected chi connectivity index (χ3v) is 3.12. The second-order valence-electron chi connectivity index (χ2n) is 4.34. The molecule has 2 aromatic rings. The molecule has 0 atom stereocenters. The lowest BCUT2D eigenvalue weighted by molar-refractivity contribution is 0.1000. The third kappa shape index (κ3) is 3.05. The minimum atomic E-state index is -0.496. The summed E-state index contributed by atoms with van der Waals surface area (Å²) in [6.07, 6.45) is 0.589. The van der Waals surface area contributed by atoms with Crippen molar-refractivity contribution in [3.8, 4) is 0 Å². The minimum Gasteiger partial charge on any atom is -0.366 e. The summed E-state index contributed by atoms with van der Waals surface area (Å²) < 4.78 is 1.53. The smallest absolute Gasteiger partial charge is 0.255 e. The SMILES string of the molecule is CCc1nc(Cl)cc(=O)n1Cc1cccc(C(N)=O)c1. The van der Waals surface area contributed by atoms with Crippen molar-refractivity contribution in [2.45, 2.75) is 19.9 Å². The molecule has 0 aliphatic heterocycles. The molecule has 20 heavy (non-hydrogen) atoms. The Morgan fingerprint density at radius 3 is 2.80 bits per heavy atom. The second-order valence-corrected chi connectivity index (χ2v) is 4.72. The van der Waals surface area contributed by atoms with Gasteiger partial charge in [0.25, 0.3) is 5.56 Å². The van der Waals surface area contributed by atoms with Gasteiger partial charge in [0.1, 0.15) is 11.0 Å². The summed E-state index contributed by atoms with van der Waals surface area (Å²) >= 11 is 5.79. The van der Waals surface area contributed by atoms with E-state index in [0.29, 0.717) is 24.4 Å². The second kappa shape index (κ2) is 5.88. The quantitative estimate of drug-likeness (QED) is 0.869. The molecule has 1 amide bonds. The Morgan fingerprint density at radius 2 is 2.15 bits per heavy atom. The van der Waals surface area contributed by atoms with Gasteiger partial charge < -0.3 is 5.73 Å². The van der Waals surface area contributed by atoms with Crippen LogP contribution in [-0.4, -0.2) is 15.5 Å². The number of nitrogens with zero attached hydrogens (tertiary/aromatic N) is 2. The molecule has 5 nitrogen and oxygen atoms in total. The van der Waals surface area contributed by atoms with Gasteiger partial charge in [0, 0.05) is 18.1 Å². The molecular weight excluding hydrogens is 278 g/mol. The highest BCUT2D eigenvalue weighted by molar-refractivity contribution is 6.29. The summed E-state index contributed by atoms with van der Waals surface area (Å²) in [6, 6.07) is 8.14. The van der Waals surface area contributed by atoms with Crippen LogP contribution in [0, 0.1) is 0 Å². The van der Waals surface area contributed by atoms with Gasteiger partial charge in [-0.05, 0) is 17.7 Å². The molecule has 0 unspecified atom stereocenters. The van der Waals surface area contributed by atoms with E-state index in [0.717, 1.165) is 5.56 Å². The van der Waals surface area contributed by atoms with Crippen molar-refractivity contribution < 1.29 is 4.79 Å². The number of hydrogen-bond acceptors (Lipinski definition) is 3. The Bertz CT molecular complexity index is 710. The van der Waals surface area contributed by atoms with Gasteiger partial charge in [-0.2, -0.15) is 0 Å². The zero-order valence-electron chi connectivity index (χ0n) is 11.0. The number of amides is 1. The summed E-state index contributed by atoms with van der Waals surface area (Å²) in [5.74, 6) is 0.108. The van der Waals surface area contributed by atoms with Crippen molar-refractivity contribution in [2.24, 2.45) is 5.73 Å². The first-order valence-electron chi connectivity index (χ1n) is 6.16. The molecule has 0 aliphatic carbocycles. The molecule has 1 heterocycles. The van der Waals surface area contributed by atoms with Crippen molar-refractivity contribution in [1.82, 2.24) is 9.55 Å². The fourth-order valence-electron chi connectivity index (χ4n) is 1.97. The van der Waals surface area contributed by atoms with Crippen molar-refractivity contribution >= 4 is 17.5 Å². The van der Waals surface area contributed by atoms with E-state index >= 15 is 0 Å². The van der Waals surface area contributed by atoms with E-state index < -0.39 is 5.91 Å². The molecule has 0 bridgehead atoms. The average molecular weight is 292 g/mol. The standard InChI is InChI=1S/C14H14ClN3O2/c1-2-12-17-11(15)7-13(19)18(12)8-9-4-3-5-10(6-9)14(16)20/h3-7H,2,8H2,1H3,(H2,16,20). The number of aromatic nitrogens is 2. The number of benzene rings is 1. The molecule has 6 heteroatoms. The van der Waals surface area contributed by atoms with Crippen molar-refractivity contribution in [3.05, 3.63) is 62.8 Å². The number of primary amides is 1. The highest BCUT2D eigenvalue weighted by atomic mass is 35.5. The molecule has 0 saturated heterocycles. The lowest BCUT2D eigenvalue weighted by atomic mass is 10.1. The summed E-state index contributed by atoms with van der Waals surface area (Å²) in [6.45, 7) is 2.22. The van der Waals surface area contributed by atoms with E-state index in [2.05, 4.69) is 4.98 Å². The maximum absolute atomic E-state index is 12.0. The number of aryl methyl sites for hydroxylation is 1. The van der Waals surface area contributed by atoms with Crippen molar-refractivity contribution in [2.75, 3.05) is 0 Å². The Kier molecular flexibility index (Phi) is 4.20. The van der Waals surface area contributed by atoms with Gasteiger partial charge in [0.15, 0.2) is 0 Å². The number of hydrogen-bond donors (Lipinski definition) is 1. The van der Waals surface area contributed by atoms with Crippen LogP contribution >= 0.6 is 11.6 Å².